The molecule has 1 saturated heterocycles. The molecule has 0 spiro atoms. The average molecular weight is 415 g/mol. The molecule has 1 heterocycles. The Morgan fingerprint density at radius 3 is 2.31 bits per heavy atom. The average Bonchev–Trinajstić information content (AvgIpc) is 2.70. The predicted octanol–water partition coefficient (Wildman–Crippen LogP) is 3.72. The number of amides is 1. The van der Waals surface area contributed by atoms with Crippen LogP contribution in [0.15, 0.2) is 48.5 Å². The third-order valence-corrected chi connectivity index (χ3v) is 7.58. The Morgan fingerprint density at radius 1 is 1.07 bits per heavy atom. The van der Waals surface area contributed by atoms with Gasteiger partial charge >= 0.3 is 0 Å². The lowest BCUT2D eigenvalue weighted by Gasteiger charge is -2.31. The van der Waals surface area contributed by atoms with Gasteiger partial charge in [-0.15, -0.1) is 0 Å². The normalized spacial score (nSPS) is 17.1. The number of rotatable bonds is 6. The second-order valence-corrected chi connectivity index (χ2v) is 9.97. The number of aryl methyl sites for hydroxylation is 2. The van der Waals surface area contributed by atoms with Crippen LogP contribution in [0.4, 0.5) is 0 Å². The van der Waals surface area contributed by atoms with Crippen LogP contribution < -0.4 is 5.32 Å². The van der Waals surface area contributed by atoms with Crippen molar-refractivity contribution in [1.82, 2.24) is 9.62 Å². The monoisotopic (exact) mass is 414 g/mol. The van der Waals surface area contributed by atoms with Crippen LogP contribution in [-0.2, 0) is 20.6 Å². The molecule has 3 rings (SSSR count). The molecule has 1 fully saturated rings. The Labute approximate surface area is 174 Å². The maximum Gasteiger partial charge on any atom is 0.223 e. The minimum absolute atomic E-state index is 0.00836. The highest BCUT2D eigenvalue weighted by atomic mass is 32.2. The number of nitrogens with one attached hydrogen (secondary N) is 1. The lowest BCUT2D eigenvalue weighted by Crippen LogP contribution is -2.43. The van der Waals surface area contributed by atoms with Crippen molar-refractivity contribution >= 4 is 15.9 Å². The molecule has 1 aliphatic rings. The summed E-state index contributed by atoms with van der Waals surface area (Å²) in [5.74, 6) is -0.122. The second kappa shape index (κ2) is 9.09. The van der Waals surface area contributed by atoms with Crippen molar-refractivity contribution in [3.05, 3.63) is 70.8 Å². The topological polar surface area (TPSA) is 66.5 Å². The molecule has 6 heteroatoms. The number of benzene rings is 2. The first-order valence-electron chi connectivity index (χ1n) is 10.2. The van der Waals surface area contributed by atoms with Gasteiger partial charge < -0.3 is 5.32 Å². The van der Waals surface area contributed by atoms with Crippen molar-refractivity contribution in [3.63, 3.8) is 0 Å². The molecule has 0 saturated carbocycles. The summed E-state index contributed by atoms with van der Waals surface area (Å²) in [5, 5.41) is 3.08. The molecule has 2 aromatic carbocycles. The van der Waals surface area contributed by atoms with E-state index in [-0.39, 0.29) is 23.6 Å². The zero-order chi connectivity index (χ0) is 21.0. The van der Waals surface area contributed by atoms with Gasteiger partial charge in [0, 0.05) is 19.0 Å². The summed E-state index contributed by atoms with van der Waals surface area (Å²) < 4.78 is 27.1. The van der Waals surface area contributed by atoms with Crippen LogP contribution in [0, 0.1) is 19.8 Å². The molecule has 1 aliphatic heterocycles. The van der Waals surface area contributed by atoms with Crippen molar-refractivity contribution in [2.45, 2.75) is 45.4 Å². The Balaban J connectivity index is 1.54. The number of hydrogen-bond donors (Lipinski definition) is 1. The molecular formula is C23H30N2O3S. The van der Waals surface area contributed by atoms with Crippen molar-refractivity contribution in [3.8, 4) is 0 Å². The number of piperidine rings is 1. The van der Waals surface area contributed by atoms with Crippen LogP contribution in [0.25, 0.3) is 0 Å². The van der Waals surface area contributed by atoms with Crippen molar-refractivity contribution in [1.29, 1.82) is 0 Å². The van der Waals surface area contributed by atoms with Crippen LogP contribution in [-0.4, -0.2) is 31.7 Å². The van der Waals surface area contributed by atoms with Gasteiger partial charge in [-0.1, -0.05) is 54.1 Å². The Kier molecular flexibility index (Phi) is 6.75. The maximum atomic E-state index is 12.8. The van der Waals surface area contributed by atoms with Gasteiger partial charge in [-0.25, -0.2) is 12.7 Å². The van der Waals surface area contributed by atoms with Gasteiger partial charge in [0.1, 0.15) is 0 Å². The van der Waals surface area contributed by atoms with E-state index in [1.165, 1.54) is 9.87 Å². The Hall–Kier alpha value is -2.18. The molecule has 156 valence electrons. The minimum Gasteiger partial charge on any atom is -0.349 e. The van der Waals surface area contributed by atoms with Gasteiger partial charge in [0.2, 0.25) is 15.9 Å². The van der Waals surface area contributed by atoms with Crippen molar-refractivity contribution < 1.29 is 13.2 Å². The molecule has 1 N–H and O–H groups in total. The summed E-state index contributed by atoms with van der Waals surface area (Å²) in [6.07, 6.45) is 1.11. The SMILES string of the molecule is Cc1ccc([C@@H](C)NC(=O)C2CCN(S(=O)(=O)Cc3ccccc3C)CC2)cc1. The van der Waals surface area contributed by atoms with Gasteiger partial charge in [-0.3, -0.25) is 4.79 Å². The van der Waals surface area contributed by atoms with Crippen molar-refractivity contribution in [2.75, 3.05) is 13.1 Å². The Morgan fingerprint density at radius 2 is 1.69 bits per heavy atom. The van der Waals surface area contributed by atoms with E-state index in [2.05, 4.69) is 5.32 Å². The molecular weight excluding hydrogens is 384 g/mol. The van der Waals surface area contributed by atoms with E-state index in [1.807, 2.05) is 69.3 Å². The lowest BCUT2D eigenvalue weighted by atomic mass is 9.96. The lowest BCUT2D eigenvalue weighted by molar-refractivity contribution is -0.126. The van der Waals surface area contributed by atoms with E-state index in [9.17, 15) is 13.2 Å². The number of sulfonamides is 1. The molecule has 0 unspecified atom stereocenters. The number of carbonyl (C=O) groups is 1. The fourth-order valence-electron chi connectivity index (χ4n) is 3.73. The van der Waals surface area contributed by atoms with Crippen LogP contribution in [0.2, 0.25) is 0 Å². The maximum absolute atomic E-state index is 12.8. The summed E-state index contributed by atoms with van der Waals surface area (Å²) in [7, 11) is -3.38. The summed E-state index contributed by atoms with van der Waals surface area (Å²) in [6, 6.07) is 15.6. The zero-order valence-corrected chi connectivity index (χ0v) is 18.2. The molecule has 2 aromatic rings. The fourth-order valence-corrected chi connectivity index (χ4v) is 5.39. The molecule has 29 heavy (non-hydrogen) atoms. The molecule has 0 aliphatic carbocycles. The van der Waals surface area contributed by atoms with Gasteiger partial charge in [0.15, 0.2) is 0 Å². The predicted molar refractivity (Wildman–Crippen MR) is 116 cm³/mol. The van der Waals surface area contributed by atoms with E-state index in [4.69, 9.17) is 0 Å². The summed E-state index contributed by atoms with van der Waals surface area (Å²) in [6.45, 7) is 6.73. The molecule has 0 bridgehead atoms. The molecule has 5 nitrogen and oxygen atoms in total. The van der Waals surface area contributed by atoms with Crippen molar-refractivity contribution in [2.24, 2.45) is 5.92 Å². The highest BCUT2D eigenvalue weighted by molar-refractivity contribution is 7.88. The highest BCUT2D eigenvalue weighted by Crippen LogP contribution is 2.24. The standard InChI is InChI=1S/C23H30N2O3S/c1-17-8-10-20(11-9-17)19(3)24-23(26)21-12-14-25(15-13-21)29(27,28)16-22-7-5-4-6-18(22)2/h4-11,19,21H,12-16H2,1-3H3,(H,24,26)/t19-/m1/s1. The fraction of sp³-hybridized carbons (Fsp3) is 0.435. The summed E-state index contributed by atoms with van der Waals surface area (Å²) in [4.78, 5) is 12.7. The van der Waals surface area contributed by atoms with Gasteiger partial charge in [-0.05, 0) is 50.3 Å². The second-order valence-electron chi connectivity index (χ2n) is 8.00. The molecule has 0 radical (unpaired) electrons. The third kappa shape index (κ3) is 5.46. The number of hydrogen-bond acceptors (Lipinski definition) is 3. The zero-order valence-electron chi connectivity index (χ0n) is 17.4. The van der Waals surface area contributed by atoms with Crippen LogP contribution in [0.5, 0.6) is 0 Å². The van der Waals surface area contributed by atoms with Crippen LogP contribution in [0.3, 0.4) is 0 Å². The van der Waals surface area contributed by atoms with Crippen LogP contribution >= 0.6 is 0 Å². The first kappa shape index (κ1) is 21.5. The smallest absolute Gasteiger partial charge is 0.223 e. The van der Waals surface area contributed by atoms with E-state index >= 15 is 0 Å². The molecule has 1 atom stereocenters. The van der Waals surface area contributed by atoms with E-state index < -0.39 is 10.0 Å². The van der Waals surface area contributed by atoms with Crippen LogP contribution in [0.1, 0.15) is 48.1 Å². The van der Waals surface area contributed by atoms with Gasteiger partial charge in [0.25, 0.3) is 0 Å². The minimum atomic E-state index is -3.38. The quantitative estimate of drug-likeness (QED) is 0.783. The van der Waals surface area contributed by atoms with E-state index in [0.29, 0.717) is 25.9 Å². The number of nitrogens with zero attached hydrogens (tertiary/aromatic N) is 1. The third-order valence-electron chi connectivity index (χ3n) is 5.75. The van der Waals surface area contributed by atoms with Gasteiger partial charge in [-0.2, -0.15) is 0 Å². The molecule has 1 amide bonds. The van der Waals surface area contributed by atoms with Gasteiger partial charge in [0.05, 0.1) is 11.8 Å². The number of carbonyl (C=O) groups excluding carboxylic acids is 1. The first-order valence-corrected chi connectivity index (χ1v) is 11.8. The van der Waals surface area contributed by atoms with E-state index in [0.717, 1.165) is 16.7 Å². The first-order chi connectivity index (χ1) is 13.8. The highest BCUT2D eigenvalue weighted by Gasteiger charge is 2.31. The Bertz CT molecular complexity index is 946. The largest absolute Gasteiger partial charge is 0.349 e. The molecule has 0 aromatic heterocycles. The summed E-state index contributed by atoms with van der Waals surface area (Å²) >= 11 is 0. The van der Waals surface area contributed by atoms with E-state index in [1.54, 1.807) is 0 Å². The summed E-state index contributed by atoms with van der Waals surface area (Å²) in [5.41, 5.74) is 4.07.